The molecule has 1 aliphatic carbocycles. The minimum atomic E-state index is -0.223. The van der Waals surface area contributed by atoms with Gasteiger partial charge in [-0.05, 0) is 26.2 Å². The summed E-state index contributed by atoms with van der Waals surface area (Å²) >= 11 is 0. The Hall–Kier alpha value is -1.50. The van der Waals surface area contributed by atoms with Crippen LogP contribution in [-0.4, -0.2) is 32.6 Å². The highest BCUT2D eigenvalue weighted by Gasteiger charge is 2.26. The quantitative estimate of drug-likeness (QED) is 0.681. The van der Waals surface area contributed by atoms with Crippen molar-refractivity contribution < 1.29 is 4.79 Å². The third-order valence-electron chi connectivity index (χ3n) is 3.19. The maximum atomic E-state index is 12.0. The third-order valence-corrected chi connectivity index (χ3v) is 3.19. The van der Waals surface area contributed by atoms with Crippen molar-refractivity contribution in [3.63, 3.8) is 0 Å². The molecular formula is C10H18N6O. The average molecular weight is 238 g/mol. The fourth-order valence-corrected chi connectivity index (χ4v) is 2.21. The molecule has 1 aromatic rings. The van der Waals surface area contributed by atoms with Gasteiger partial charge in [0, 0.05) is 12.0 Å². The lowest BCUT2D eigenvalue weighted by Gasteiger charge is -2.26. The van der Waals surface area contributed by atoms with Gasteiger partial charge in [0.05, 0.1) is 6.04 Å². The largest absolute Gasteiger partial charge is 0.346 e. The number of nitrogens with two attached hydrogens (primary N) is 1. The molecule has 1 aliphatic rings. The molecule has 1 heterocycles. The summed E-state index contributed by atoms with van der Waals surface area (Å²) in [6, 6.07) is -0.0700. The Balaban J connectivity index is 1.88. The minimum absolute atomic E-state index is 0.0214. The van der Waals surface area contributed by atoms with Crippen LogP contribution in [0.5, 0.6) is 0 Å². The van der Waals surface area contributed by atoms with E-state index in [0.717, 1.165) is 25.7 Å². The molecular weight excluding hydrogens is 220 g/mol. The predicted molar refractivity (Wildman–Crippen MR) is 60.7 cm³/mol. The fraction of sp³-hybridized carbons (Fsp3) is 0.800. The molecule has 1 amide bonds. The minimum Gasteiger partial charge on any atom is -0.346 e. The summed E-state index contributed by atoms with van der Waals surface area (Å²) in [6.45, 7) is 1.84. The van der Waals surface area contributed by atoms with Gasteiger partial charge < -0.3 is 11.1 Å². The second-order valence-corrected chi connectivity index (χ2v) is 4.62. The fourth-order valence-electron chi connectivity index (χ4n) is 2.21. The first kappa shape index (κ1) is 12.0. The van der Waals surface area contributed by atoms with Crippen LogP contribution in [0.1, 0.15) is 44.5 Å². The van der Waals surface area contributed by atoms with Gasteiger partial charge in [-0.25, -0.2) is 0 Å². The van der Waals surface area contributed by atoms with E-state index >= 15 is 0 Å². The molecule has 7 heteroatoms. The van der Waals surface area contributed by atoms with Crippen molar-refractivity contribution in [2.45, 2.75) is 44.7 Å². The first-order chi connectivity index (χ1) is 8.16. The summed E-state index contributed by atoms with van der Waals surface area (Å²) < 4.78 is 0. The lowest BCUT2D eigenvalue weighted by molar-refractivity contribution is -0.126. The standard InChI is InChI=1S/C10H18N6O/c1-6(9-13-15-16-14-9)12-10(17)7-3-2-4-8(11)5-7/h6-8H,2-5,11H2,1H3,(H,12,17)(H,13,14,15,16). The van der Waals surface area contributed by atoms with E-state index in [9.17, 15) is 4.79 Å². The normalized spacial score (nSPS) is 26.5. The third kappa shape index (κ3) is 3.00. The number of nitrogens with zero attached hydrogens (tertiary/aromatic N) is 3. The van der Waals surface area contributed by atoms with E-state index in [1.54, 1.807) is 0 Å². The molecule has 1 saturated carbocycles. The maximum absolute atomic E-state index is 12.0. The molecule has 3 atom stereocenters. The van der Waals surface area contributed by atoms with E-state index in [-0.39, 0.29) is 23.9 Å². The number of aromatic amines is 1. The zero-order valence-corrected chi connectivity index (χ0v) is 9.89. The number of rotatable bonds is 3. The number of hydrogen-bond acceptors (Lipinski definition) is 5. The van der Waals surface area contributed by atoms with Gasteiger partial charge in [0.15, 0.2) is 5.82 Å². The van der Waals surface area contributed by atoms with Crippen LogP contribution in [-0.2, 0) is 4.79 Å². The maximum Gasteiger partial charge on any atom is 0.223 e. The van der Waals surface area contributed by atoms with Crippen molar-refractivity contribution in [1.82, 2.24) is 25.9 Å². The Morgan fingerprint density at radius 3 is 3.06 bits per heavy atom. The van der Waals surface area contributed by atoms with Crippen LogP contribution < -0.4 is 11.1 Å². The number of hydrogen-bond donors (Lipinski definition) is 3. The molecule has 94 valence electrons. The predicted octanol–water partition coefficient (Wildman–Crippen LogP) is -0.106. The number of H-pyrrole nitrogens is 1. The number of tetrazole rings is 1. The molecule has 2 rings (SSSR count). The molecule has 0 radical (unpaired) electrons. The van der Waals surface area contributed by atoms with Gasteiger partial charge in [-0.3, -0.25) is 4.79 Å². The monoisotopic (exact) mass is 238 g/mol. The van der Waals surface area contributed by atoms with Gasteiger partial charge in [-0.15, -0.1) is 10.2 Å². The van der Waals surface area contributed by atoms with Crippen molar-refractivity contribution in [2.75, 3.05) is 0 Å². The van der Waals surface area contributed by atoms with Crippen LogP contribution in [0.3, 0.4) is 0 Å². The Kier molecular flexibility index (Phi) is 3.68. The Bertz CT molecular complexity index is 365. The molecule has 7 nitrogen and oxygen atoms in total. The molecule has 0 bridgehead atoms. The molecule has 17 heavy (non-hydrogen) atoms. The van der Waals surface area contributed by atoms with Crippen molar-refractivity contribution in [2.24, 2.45) is 11.7 Å². The van der Waals surface area contributed by atoms with Crippen molar-refractivity contribution >= 4 is 5.91 Å². The molecule has 0 saturated heterocycles. The highest BCUT2D eigenvalue weighted by atomic mass is 16.1. The number of carbonyl (C=O) groups is 1. The van der Waals surface area contributed by atoms with Gasteiger partial charge in [-0.2, -0.15) is 5.21 Å². The topological polar surface area (TPSA) is 110 Å². The molecule has 0 aromatic carbocycles. The van der Waals surface area contributed by atoms with E-state index in [2.05, 4.69) is 25.9 Å². The van der Waals surface area contributed by atoms with Gasteiger partial charge in [0.1, 0.15) is 0 Å². The van der Waals surface area contributed by atoms with Gasteiger partial charge >= 0.3 is 0 Å². The smallest absolute Gasteiger partial charge is 0.223 e. The van der Waals surface area contributed by atoms with E-state index in [1.165, 1.54) is 0 Å². The van der Waals surface area contributed by atoms with E-state index in [4.69, 9.17) is 5.73 Å². The summed E-state index contributed by atoms with van der Waals surface area (Å²) in [6.07, 6.45) is 3.73. The lowest BCUT2D eigenvalue weighted by Crippen LogP contribution is -2.38. The molecule has 4 N–H and O–H groups in total. The van der Waals surface area contributed by atoms with Crippen molar-refractivity contribution in [1.29, 1.82) is 0 Å². The summed E-state index contributed by atoms with van der Waals surface area (Å²) in [5.74, 6) is 0.559. The van der Waals surface area contributed by atoms with Crippen LogP contribution in [0.2, 0.25) is 0 Å². The molecule has 1 fully saturated rings. The molecule has 0 aliphatic heterocycles. The first-order valence-corrected chi connectivity index (χ1v) is 5.96. The van der Waals surface area contributed by atoms with Gasteiger partial charge in [-0.1, -0.05) is 11.6 Å². The van der Waals surface area contributed by atoms with Crippen LogP contribution in [0.15, 0.2) is 0 Å². The average Bonchev–Trinajstić information content (AvgIpc) is 2.82. The Morgan fingerprint density at radius 2 is 2.41 bits per heavy atom. The Labute approximate surface area is 99.5 Å². The Morgan fingerprint density at radius 1 is 1.59 bits per heavy atom. The summed E-state index contributed by atoms with van der Waals surface area (Å²) in [7, 11) is 0. The molecule has 3 unspecified atom stereocenters. The van der Waals surface area contributed by atoms with E-state index < -0.39 is 0 Å². The highest BCUT2D eigenvalue weighted by molar-refractivity contribution is 5.79. The van der Waals surface area contributed by atoms with Crippen molar-refractivity contribution in [3.05, 3.63) is 5.82 Å². The van der Waals surface area contributed by atoms with Crippen LogP contribution in [0, 0.1) is 5.92 Å². The van der Waals surface area contributed by atoms with E-state index in [1.807, 2.05) is 6.92 Å². The zero-order valence-electron chi connectivity index (χ0n) is 9.89. The number of aromatic nitrogens is 4. The summed E-state index contributed by atoms with van der Waals surface area (Å²) in [5, 5.41) is 16.4. The lowest BCUT2D eigenvalue weighted by atomic mass is 9.85. The van der Waals surface area contributed by atoms with Crippen molar-refractivity contribution in [3.8, 4) is 0 Å². The number of amides is 1. The first-order valence-electron chi connectivity index (χ1n) is 5.96. The summed E-state index contributed by atoms with van der Waals surface area (Å²) in [5.41, 5.74) is 5.87. The summed E-state index contributed by atoms with van der Waals surface area (Å²) in [4.78, 5) is 12.0. The van der Waals surface area contributed by atoms with E-state index in [0.29, 0.717) is 5.82 Å². The second kappa shape index (κ2) is 5.22. The van der Waals surface area contributed by atoms with Gasteiger partial charge in [0.2, 0.25) is 5.91 Å². The van der Waals surface area contributed by atoms with Crippen LogP contribution in [0.4, 0.5) is 0 Å². The highest BCUT2D eigenvalue weighted by Crippen LogP contribution is 2.23. The van der Waals surface area contributed by atoms with Crippen LogP contribution >= 0.6 is 0 Å². The second-order valence-electron chi connectivity index (χ2n) is 4.62. The molecule has 0 spiro atoms. The zero-order chi connectivity index (χ0) is 12.3. The number of carbonyl (C=O) groups excluding carboxylic acids is 1. The SMILES string of the molecule is CC(NC(=O)C1CCCC(N)C1)c1nn[nH]n1. The number of nitrogens with one attached hydrogen (secondary N) is 2. The molecule has 1 aromatic heterocycles. The van der Waals surface area contributed by atoms with Gasteiger partial charge in [0.25, 0.3) is 0 Å². The van der Waals surface area contributed by atoms with Crippen LogP contribution in [0.25, 0.3) is 0 Å².